The SMILES string of the molecule is Cc1cc(C(F)F)n(CC(=O)Nc2ccccc2C#N)n1. The standard InChI is InChI=1S/C14H12F2N4O/c1-9-6-12(14(15)16)20(19-9)8-13(21)18-11-5-3-2-4-10(11)7-17/h2-6,14H,8H2,1H3,(H,18,21). The number of rotatable bonds is 4. The average molecular weight is 290 g/mol. The second-order valence-corrected chi connectivity index (χ2v) is 4.37. The topological polar surface area (TPSA) is 70.7 Å². The van der Waals surface area contributed by atoms with Gasteiger partial charge in [-0.2, -0.15) is 10.4 Å². The lowest BCUT2D eigenvalue weighted by atomic mass is 10.2. The summed E-state index contributed by atoms with van der Waals surface area (Å²) in [5.41, 5.74) is 0.746. The molecule has 0 saturated carbocycles. The molecule has 7 heteroatoms. The van der Waals surface area contributed by atoms with Crippen molar-refractivity contribution in [2.24, 2.45) is 0 Å². The van der Waals surface area contributed by atoms with Crippen molar-refractivity contribution in [3.63, 3.8) is 0 Å². The Balaban J connectivity index is 2.14. The molecule has 1 aromatic heterocycles. The molecular formula is C14H12F2N4O. The number of para-hydroxylation sites is 1. The molecule has 0 spiro atoms. The summed E-state index contributed by atoms with van der Waals surface area (Å²) in [7, 11) is 0. The van der Waals surface area contributed by atoms with Crippen LogP contribution < -0.4 is 5.32 Å². The number of halogens is 2. The summed E-state index contributed by atoms with van der Waals surface area (Å²) in [6.45, 7) is 1.23. The maximum atomic E-state index is 12.8. The minimum Gasteiger partial charge on any atom is -0.323 e. The number of aryl methyl sites for hydroxylation is 1. The smallest absolute Gasteiger partial charge is 0.280 e. The fraction of sp³-hybridized carbons (Fsp3) is 0.214. The van der Waals surface area contributed by atoms with Crippen LogP contribution in [0.1, 0.15) is 23.4 Å². The number of hydrogen-bond donors (Lipinski definition) is 1. The number of nitrogens with zero attached hydrogens (tertiary/aromatic N) is 3. The minimum atomic E-state index is -2.70. The van der Waals surface area contributed by atoms with Crippen LogP contribution in [-0.2, 0) is 11.3 Å². The van der Waals surface area contributed by atoms with Gasteiger partial charge in [0.15, 0.2) is 0 Å². The lowest BCUT2D eigenvalue weighted by Gasteiger charge is -2.09. The zero-order valence-electron chi connectivity index (χ0n) is 11.2. The summed E-state index contributed by atoms with van der Waals surface area (Å²) in [6, 6.07) is 9.63. The average Bonchev–Trinajstić information content (AvgIpc) is 2.80. The van der Waals surface area contributed by atoms with Crippen LogP contribution in [0.4, 0.5) is 14.5 Å². The van der Waals surface area contributed by atoms with E-state index in [0.29, 0.717) is 16.9 Å². The zero-order chi connectivity index (χ0) is 15.4. The number of aromatic nitrogens is 2. The van der Waals surface area contributed by atoms with Crippen LogP contribution in [0.15, 0.2) is 30.3 Å². The van der Waals surface area contributed by atoms with Crippen LogP contribution in [0.3, 0.4) is 0 Å². The van der Waals surface area contributed by atoms with Gasteiger partial charge in [0.1, 0.15) is 18.3 Å². The first-order valence-electron chi connectivity index (χ1n) is 6.12. The fourth-order valence-corrected chi connectivity index (χ4v) is 1.88. The number of amides is 1. The molecule has 21 heavy (non-hydrogen) atoms. The van der Waals surface area contributed by atoms with E-state index in [2.05, 4.69) is 10.4 Å². The van der Waals surface area contributed by atoms with Crippen molar-refractivity contribution in [3.8, 4) is 6.07 Å². The summed E-state index contributed by atoms with van der Waals surface area (Å²) in [5, 5.41) is 15.3. The molecule has 2 rings (SSSR count). The lowest BCUT2D eigenvalue weighted by Crippen LogP contribution is -2.21. The first kappa shape index (κ1) is 14.7. The monoisotopic (exact) mass is 290 g/mol. The number of carbonyl (C=O) groups is 1. The van der Waals surface area contributed by atoms with Gasteiger partial charge in [0.05, 0.1) is 16.9 Å². The molecule has 0 bridgehead atoms. The van der Waals surface area contributed by atoms with E-state index in [1.807, 2.05) is 6.07 Å². The third-order valence-electron chi connectivity index (χ3n) is 2.77. The van der Waals surface area contributed by atoms with Crippen molar-refractivity contribution in [2.75, 3.05) is 5.32 Å². The first-order chi connectivity index (χ1) is 10.0. The van der Waals surface area contributed by atoms with Gasteiger partial charge in [-0.05, 0) is 25.1 Å². The molecule has 0 atom stereocenters. The van der Waals surface area contributed by atoms with E-state index in [1.165, 1.54) is 6.07 Å². The van der Waals surface area contributed by atoms with Gasteiger partial charge in [-0.3, -0.25) is 9.48 Å². The summed E-state index contributed by atoms with van der Waals surface area (Å²) in [5.74, 6) is -0.525. The highest BCUT2D eigenvalue weighted by Crippen LogP contribution is 2.20. The van der Waals surface area contributed by atoms with Gasteiger partial charge in [-0.15, -0.1) is 0 Å². The summed E-state index contributed by atoms with van der Waals surface area (Å²) in [4.78, 5) is 11.9. The molecule has 0 aliphatic rings. The number of anilines is 1. The van der Waals surface area contributed by atoms with E-state index >= 15 is 0 Å². The number of hydrogen-bond acceptors (Lipinski definition) is 3. The highest BCUT2D eigenvalue weighted by molar-refractivity contribution is 5.91. The molecule has 1 amide bonds. The molecule has 0 aliphatic carbocycles. The molecule has 0 aliphatic heterocycles. The van der Waals surface area contributed by atoms with Crippen molar-refractivity contribution in [1.29, 1.82) is 5.26 Å². The number of nitrogens with one attached hydrogen (secondary N) is 1. The third kappa shape index (κ3) is 3.42. The third-order valence-corrected chi connectivity index (χ3v) is 2.77. The molecule has 0 fully saturated rings. The second kappa shape index (κ2) is 6.13. The van der Waals surface area contributed by atoms with Gasteiger partial charge in [0, 0.05) is 0 Å². The largest absolute Gasteiger partial charge is 0.323 e. The Bertz CT molecular complexity index is 703. The van der Waals surface area contributed by atoms with Crippen LogP contribution in [-0.4, -0.2) is 15.7 Å². The maximum absolute atomic E-state index is 12.8. The predicted octanol–water partition coefficient (Wildman–Crippen LogP) is 2.64. The molecule has 1 N–H and O–H groups in total. The molecule has 0 radical (unpaired) electrons. The van der Waals surface area contributed by atoms with Crippen molar-refractivity contribution in [3.05, 3.63) is 47.3 Å². The Morgan fingerprint density at radius 3 is 2.86 bits per heavy atom. The zero-order valence-corrected chi connectivity index (χ0v) is 11.2. The van der Waals surface area contributed by atoms with Crippen LogP contribution in [0.25, 0.3) is 0 Å². The molecule has 5 nitrogen and oxygen atoms in total. The molecule has 0 saturated heterocycles. The number of alkyl halides is 2. The van der Waals surface area contributed by atoms with Gasteiger partial charge in [-0.1, -0.05) is 12.1 Å². The quantitative estimate of drug-likeness (QED) is 0.941. The van der Waals surface area contributed by atoms with Gasteiger partial charge >= 0.3 is 0 Å². The Hall–Kier alpha value is -2.75. The molecule has 2 aromatic rings. The van der Waals surface area contributed by atoms with E-state index in [-0.39, 0.29) is 12.2 Å². The predicted molar refractivity (Wildman–Crippen MR) is 71.7 cm³/mol. The van der Waals surface area contributed by atoms with Crippen molar-refractivity contribution >= 4 is 11.6 Å². The summed E-state index contributed by atoms with van der Waals surface area (Å²) < 4.78 is 26.6. The second-order valence-electron chi connectivity index (χ2n) is 4.37. The fourth-order valence-electron chi connectivity index (χ4n) is 1.88. The molecule has 108 valence electrons. The highest BCUT2D eigenvalue weighted by Gasteiger charge is 2.17. The van der Waals surface area contributed by atoms with E-state index in [1.54, 1.807) is 31.2 Å². The van der Waals surface area contributed by atoms with Crippen molar-refractivity contribution in [2.45, 2.75) is 19.9 Å². The Morgan fingerprint density at radius 1 is 1.48 bits per heavy atom. The van der Waals surface area contributed by atoms with E-state index in [9.17, 15) is 13.6 Å². The van der Waals surface area contributed by atoms with Gasteiger partial charge in [0.2, 0.25) is 5.91 Å². The van der Waals surface area contributed by atoms with Gasteiger partial charge in [0.25, 0.3) is 6.43 Å². The summed E-state index contributed by atoms with van der Waals surface area (Å²) in [6.07, 6.45) is -2.70. The molecule has 1 aromatic carbocycles. The Morgan fingerprint density at radius 2 is 2.19 bits per heavy atom. The van der Waals surface area contributed by atoms with Crippen LogP contribution in [0.5, 0.6) is 0 Å². The minimum absolute atomic E-state index is 0.302. The maximum Gasteiger partial charge on any atom is 0.280 e. The number of benzene rings is 1. The lowest BCUT2D eigenvalue weighted by molar-refractivity contribution is -0.117. The highest BCUT2D eigenvalue weighted by atomic mass is 19.3. The van der Waals surface area contributed by atoms with E-state index in [4.69, 9.17) is 5.26 Å². The molecule has 0 unspecified atom stereocenters. The van der Waals surface area contributed by atoms with Gasteiger partial charge in [-0.25, -0.2) is 8.78 Å². The molecule has 1 heterocycles. The van der Waals surface area contributed by atoms with Crippen LogP contribution in [0.2, 0.25) is 0 Å². The Kier molecular flexibility index (Phi) is 4.28. The number of nitriles is 1. The van der Waals surface area contributed by atoms with E-state index < -0.39 is 12.3 Å². The molecular weight excluding hydrogens is 278 g/mol. The number of carbonyl (C=O) groups excluding carboxylic acids is 1. The normalized spacial score (nSPS) is 10.4. The van der Waals surface area contributed by atoms with Gasteiger partial charge < -0.3 is 5.32 Å². The Labute approximate surface area is 119 Å². The summed E-state index contributed by atoms with van der Waals surface area (Å²) >= 11 is 0. The van der Waals surface area contributed by atoms with Crippen LogP contribution in [0, 0.1) is 18.3 Å². The van der Waals surface area contributed by atoms with Crippen LogP contribution >= 0.6 is 0 Å². The van der Waals surface area contributed by atoms with Crippen molar-refractivity contribution in [1.82, 2.24) is 9.78 Å². The first-order valence-corrected chi connectivity index (χ1v) is 6.12. The van der Waals surface area contributed by atoms with Crippen molar-refractivity contribution < 1.29 is 13.6 Å². The van der Waals surface area contributed by atoms with E-state index in [0.717, 1.165) is 4.68 Å².